The molecule has 0 atom stereocenters. The molecule has 3 nitrogen and oxygen atoms in total. The van der Waals surface area contributed by atoms with Crippen LogP contribution in [0.4, 0.5) is 0 Å². The summed E-state index contributed by atoms with van der Waals surface area (Å²) < 4.78 is 0. The molecule has 3 rings (SSSR count). The van der Waals surface area contributed by atoms with Crippen molar-refractivity contribution in [1.82, 2.24) is 9.97 Å². The van der Waals surface area contributed by atoms with Crippen molar-refractivity contribution in [3.63, 3.8) is 0 Å². The fraction of sp³-hybridized carbons (Fsp3) is 0.750. The lowest BCUT2D eigenvalue weighted by atomic mass is 9.85. The highest BCUT2D eigenvalue weighted by Gasteiger charge is 2.21. The zero-order valence-corrected chi connectivity index (χ0v) is 11.7. The number of aromatic nitrogens is 2. The van der Waals surface area contributed by atoms with Gasteiger partial charge in [-0.2, -0.15) is 0 Å². The third-order valence-electron chi connectivity index (χ3n) is 4.88. The molecule has 0 unspecified atom stereocenters. The van der Waals surface area contributed by atoms with Gasteiger partial charge in [-0.15, -0.1) is 0 Å². The molecule has 0 amide bonds. The van der Waals surface area contributed by atoms with Gasteiger partial charge in [0, 0.05) is 17.7 Å². The first-order valence-corrected chi connectivity index (χ1v) is 7.93. The van der Waals surface area contributed by atoms with Gasteiger partial charge >= 0.3 is 0 Å². The third kappa shape index (κ3) is 2.90. The van der Waals surface area contributed by atoms with Crippen LogP contribution in [0.5, 0.6) is 0 Å². The van der Waals surface area contributed by atoms with E-state index in [1.54, 1.807) is 0 Å². The number of nitrogens with one attached hydrogen (secondary N) is 1. The Kier molecular flexibility index (Phi) is 4.00. The Labute approximate surface area is 114 Å². The fourth-order valence-corrected chi connectivity index (χ4v) is 3.71. The summed E-state index contributed by atoms with van der Waals surface area (Å²) in [6.07, 6.45) is 14.3. The standard InChI is InChI=1S/C16H24N2O/c19-16-14(12-7-3-1-4-8-12)11-17-15(18-16)13-9-5-2-6-10-13/h11-13H,1-10H2,(H,17,18,19). The summed E-state index contributed by atoms with van der Waals surface area (Å²) in [5.74, 6) is 1.87. The molecule has 1 heterocycles. The van der Waals surface area contributed by atoms with E-state index in [9.17, 15) is 4.79 Å². The Bertz CT molecular complexity index is 468. The van der Waals surface area contributed by atoms with E-state index in [1.807, 2.05) is 6.20 Å². The summed E-state index contributed by atoms with van der Waals surface area (Å²) >= 11 is 0. The molecule has 0 radical (unpaired) electrons. The van der Waals surface area contributed by atoms with Gasteiger partial charge in [-0.05, 0) is 31.6 Å². The zero-order valence-electron chi connectivity index (χ0n) is 11.7. The number of aromatic amines is 1. The maximum atomic E-state index is 12.3. The monoisotopic (exact) mass is 260 g/mol. The van der Waals surface area contributed by atoms with E-state index in [0.29, 0.717) is 11.8 Å². The highest BCUT2D eigenvalue weighted by molar-refractivity contribution is 5.14. The van der Waals surface area contributed by atoms with Crippen molar-refractivity contribution in [1.29, 1.82) is 0 Å². The summed E-state index contributed by atoms with van der Waals surface area (Å²) in [6, 6.07) is 0. The van der Waals surface area contributed by atoms with Gasteiger partial charge in [-0.3, -0.25) is 4.79 Å². The van der Waals surface area contributed by atoms with E-state index in [0.717, 1.165) is 24.2 Å². The molecule has 19 heavy (non-hydrogen) atoms. The van der Waals surface area contributed by atoms with Crippen LogP contribution < -0.4 is 5.56 Å². The van der Waals surface area contributed by atoms with Gasteiger partial charge in [-0.1, -0.05) is 38.5 Å². The number of H-pyrrole nitrogens is 1. The molecule has 2 saturated carbocycles. The van der Waals surface area contributed by atoms with Gasteiger partial charge in [0.05, 0.1) is 0 Å². The van der Waals surface area contributed by atoms with Crippen LogP contribution in [0, 0.1) is 0 Å². The minimum atomic E-state index is 0.127. The van der Waals surface area contributed by atoms with Crippen LogP contribution in [0.1, 0.15) is 87.4 Å². The molecule has 0 spiro atoms. The smallest absolute Gasteiger partial charge is 0.254 e. The quantitative estimate of drug-likeness (QED) is 0.877. The Morgan fingerprint density at radius 1 is 0.895 bits per heavy atom. The van der Waals surface area contributed by atoms with Crippen molar-refractivity contribution in [3.05, 3.63) is 27.9 Å². The Balaban J connectivity index is 1.78. The second-order valence-corrected chi connectivity index (χ2v) is 6.22. The Morgan fingerprint density at radius 3 is 2.05 bits per heavy atom. The van der Waals surface area contributed by atoms with Crippen LogP contribution in [0.3, 0.4) is 0 Å². The normalized spacial score (nSPS) is 22.5. The highest BCUT2D eigenvalue weighted by Crippen LogP contribution is 2.32. The molecule has 3 heteroatoms. The molecule has 1 aromatic heterocycles. The largest absolute Gasteiger partial charge is 0.310 e. The van der Waals surface area contributed by atoms with Crippen LogP contribution in [-0.4, -0.2) is 9.97 Å². The van der Waals surface area contributed by atoms with Crippen molar-refractivity contribution in [3.8, 4) is 0 Å². The molecule has 1 aromatic rings. The summed E-state index contributed by atoms with van der Waals surface area (Å²) in [7, 11) is 0. The van der Waals surface area contributed by atoms with E-state index < -0.39 is 0 Å². The number of nitrogens with zero attached hydrogens (tertiary/aromatic N) is 1. The molecule has 0 aliphatic heterocycles. The first-order chi connectivity index (χ1) is 9.34. The van der Waals surface area contributed by atoms with E-state index in [2.05, 4.69) is 9.97 Å². The SMILES string of the molecule is O=c1[nH]c(C2CCCCC2)ncc1C1CCCCC1. The van der Waals surface area contributed by atoms with Crippen LogP contribution in [0.2, 0.25) is 0 Å². The average molecular weight is 260 g/mol. The van der Waals surface area contributed by atoms with E-state index >= 15 is 0 Å². The van der Waals surface area contributed by atoms with E-state index in [-0.39, 0.29) is 5.56 Å². The van der Waals surface area contributed by atoms with Crippen LogP contribution in [0.25, 0.3) is 0 Å². The zero-order chi connectivity index (χ0) is 13.1. The minimum absolute atomic E-state index is 0.127. The molecular weight excluding hydrogens is 236 g/mol. The van der Waals surface area contributed by atoms with Crippen molar-refractivity contribution >= 4 is 0 Å². The molecule has 0 aromatic carbocycles. The topological polar surface area (TPSA) is 45.8 Å². The maximum absolute atomic E-state index is 12.3. The second-order valence-electron chi connectivity index (χ2n) is 6.22. The molecule has 2 aliphatic carbocycles. The molecule has 2 aliphatic rings. The first kappa shape index (κ1) is 12.9. The van der Waals surface area contributed by atoms with Gasteiger partial charge in [0.15, 0.2) is 0 Å². The summed E-state index contributed by atoms with van der Waals surface area (Å²) in [5.41, 5.74) is 1.06. The van der Waals surface area contributed by atoms with Crippen molar-refractivity contribution in [2.24, 2.45) is 0 Å². The number of hydrogen-bond acceptors (Lipinski definition) is 2. The molecule has 2 fully saturated rings. The van der Waals surface area contributed by atoms with Gasteiger partial charge in [0.25, 0.3) is 5.56 Å². The lowest BCUT2D eigenvalue weighted by Crippen LogP contribution is -2.22. The van der Waals surface area contributed by atoms with Gasteiger partial charge in [0.2, 0.25) is 0 Å². The van der Waals surface area contributed by atoms with Crippen LogP contribution in [0.15, 0.2) is 11.0 Å². The minimum Gasteiger partial charge on any atom is -0.310 e. The van der Waals surface area contributed by atoms with Crippen LogP contribution in [-0.2, 0) is 0 Å². The number of rotatable bonds is 2. The van der Waals surface area contributed by atoms with Crippen molar-refractivity contribution in [2.75, 3.05) is 0 Å². The maximum Gasteiger partial charge on any atom is 0.254 e. The van der Waals surface area contributed by atoms with Gasteiger partial charge in [0.1, 0.15) is 5.82 Å². The lowest BCUT2D eigenvalue weighted by Gasteiger charge is -2.23. The van der Waals surface area contributed by atoms with E-state index in [4.69, 9.17) is 0 Å². The van der Waals surface area contributed by atoms with E-state index in [1.165, 1.54) is 51.4 Å². The second kappa shape index (κ2) is 5.89. The predicted octanol–water partition coefficient (Wildman–Crippen LogP) is 3.87. The number of hydrogen-bond donors (Lipinski definition) is 1. The molecule has 1 N–H and O–H groups in total. The molecule has 104 valence electrons. The Morgan fingerprint density at radius 2 is 1.47 bits per heavy atom. The molecule has 0 saturated heterocycles. The van der Waals surface area contributed by atoms with Gasteiger partial charge < -0.3 is 4.98 Å². The summed E-state index contributed by atoms with van der Waals surface area (Å²) in [4.78, 5) is 19.9. The van der Waals surface area contributed by atoms with Gasteiger partial charge in [-0.25, -0.2) is 4.98 Å². The summed E-state index contributed by atoms with van der Waals surface area (Å²) in [5, 5.41) is 0. The molecule has 0 bridgehead atoms. The molecular formula is C16H24N2O. The first-order valence-electron chi connectivity index (χ1n) is 7.93. The van der Waals surface area contributed by atoms with Crippen molar-refractivity contribution < 1.29 is 0 Å². The fourth-order valence-electron chi connectivity index (χ4n) is 3.71. The lowest BCUT2D eigenvalue weighted by molar-refractivity contribution is 0.422. The Hall–Kier alpha value is -1.12. The van der Waals surface area contributed by atoms with Crippen LogP contribution >= 0.6 is 0 Å². The van der Waals surface area contributed by atoms with Crippen molar-refractivity contribution in [2.45, 2.75) is 76.0 Å². The summed E-state index contributed by atoms with van der Waals surface area (Å²) in [6.45, 7) is 0. The average Bonchev–Trinajstić information content (AvgIpc) is 2.49. The highest BCUT2D eigenvalue weighted by atomic mass is 16.1. The predicted molar refractivity (Wildman–Crippen MR) is 76.5 cm³/mol. The third-order valence-corrected chi connectivity index (χ3v) is 4.88.